The van der Waals surface area contributed by atoms with E-state index in [2.05, 4.69) is 200 Å². The van der Waals surface area contributed by atoms with Gasteiger partial charge >= 0.3 is 18.7 Å². The molecular formula is C87H117F11N2O. The molecule has 0 fully saturated rings. The van der Waals surface area contributed by atoms with Gasteiger partial charge < -0.3 is 4.74 Å². The number of aromatic nitrogens is 2. The van der Waals surface area contributed by atoms with E-state index in [1.807, 2.05) is 105 Å². The quantitative estimate of drug-likeness (QED) is 0.162. The zero-order chi connectivity index (χ0) is 78.5. The van der Waals surface area contributed by atoms with Gasteiger partial charge in [-0.05, 0) is 165 Å². The van der Waals surface area contributed by atoms with Gasteiger partial charge in [0.25, 0.3) is 0 Å². The first-order valence-electron chi connectivity index (χ1n) is 34.1. The van der Waals surface area contributed by atoms with E-state index in [4.69, 9.17) is 0 Å². The molecule has 558 valence electrons. The molecule has 3 nitrogen and oxygen atoms in total. The Morgan fingerprint density at radius 1 is 0.317 bits per heavy atom. The second kappa shape index (κ2) is 37.2. The summed E-state index contributed by atoms with van der Waals surface area (Å²) in [4.78, 5) is 7.94. The third kappa shape index (κ3) is 35.9. The lowest BCUT2D eigenvalue weighted by molar-refractivity contribution is -0.274. The molecule has 14 heteroatoms. The molecule has 0 radical (unpaired) electrons. The predicted octanol–water partition coefficient (Wildman–Crippen LogP) is 27.7. The van der Waals surface area contributed by atoms with Crippen molar-refractivity contribution in [2.45, 2.75) is 269 Å². The highest BCUT2D eigenvalue weighted by Crippen LogP contribution is 2.36. The first kappa shape index (κ1) is 91.7. The van der Waals surface area contributed by atoms with Crippen LogP contribution in [-0.4, -0.2) is 16.3 Å². The summed E-state index contributed by atoms with van der Waals surface area (Å²) in [5.41, 5.74) is 12.5. The summed E-state index contributed by atoms with van der Waals surface area (Å²) in [5, 5.41) is 0. The van der Waals surface area contributed by atoms with Crippen LogP contribution in [0.2, 0.25) is 0 Å². The fourth-order valence-electron chi connectivity index (χ4n) is 8.76. The molecule has 0 aliphatic carbocycles. The van der Waals surface area contributed by atoms with Crippen LogP contribution in [-0.2, 0) is 62.3 Å². The Morgan fingerprint density at radius 2 is 0.673 bits per heavy atom. The lowest BCUT2D eigenvalue weighted by Gasteiger charge is -2.21. The summed E-state index contributed by atoms with van der Waals surface area (Å²) in [7, 11) is 0. The molecule has 8 rings (SSSR count). The van der Waals surface area contributed by atoms with Gasteiger partial charge in [0.05, 0.1) is 5.56 Å². The van der Waals surface area contributed by atoms with Crippen LogP contribution in [0.15, 0.2) is 170 Å². The Morgan fingerprint density at radius 3 is 1.03 bits per heavy atom. The number of hydrogen-bond donors (Lipinski definition) is 0. The monoisotopic (exact) mass is 1410 g/mol. The van der Waals surface area contributed by atoms with E-state index in [0.717, 1.165) is 28.5 Å². The predicted molar refractivity (Wildman–Crippen MR) is 402 cm³/mol. The van der Waals surface area contributed by atoms with E-state index in [1.54, 1.807) is 37.3 Å². The van der Waals surface area contributed by atoms with E-state index in [1.165, 1.54) is 70.6 Å². The third-order valence-electron chi connectivity index (χ3n) is 15.7. The summed E-state index contributed by atoms with van der Waals surface area (Å²) in [6, 6.07) is 49.4. The Balaban J connectivity index is 0.000000579. The molecule has 2 heterocycles. The molecule has 0 amide bonds. The topological polar surface area (TPSA) is 35.0 Å². The molecule has 8 aromatic rings. The van der Waals surface area contributed by atoms with Crippen LogP contribution in [0, 0.1) is 40.4 Å². The van der Waals surface area contributed by atoms with Gasteiger partial charge in [-0.2, -0.15) is 26.3 Å². The van der Waals surface area contributed by atoms with Crippen molar-refractivity contribution in [1.29, 1.82) is 0 Å². The molecule has 0 atom stereocenters. The molecule has 0 saturated carbocycles. The highest BCUT2D eigenvalue weighted by molar-refractivity contribution is 5.37. The van der Waals surface area contributed by atoms with Gasteiger partial charge in [-0.15, -0.1) is 13.2 Å². The second-order valence-corrected chi connectivity index (χ2v) is 33.8. The van der Waals surface area contributed by atoms with Crippen LogP contribution in [0.5, 0.6) is 5.75 Å². The maximum absolute atomic E-state index is 13.1. The largest absolute Gasteiger partial charge is 0.573 e. The van der Waals surface area contributed by atoms with Crippen LogP contribution in [0.4, 0.5) is 48.3 Å². The molecule has 0 saturated heterocycles. The number of ether oxygens (including phenoxy) is 1. The van der Waals surface area contributed by atoms with Crippen LogP contribution >= 0.6 is 0 Å². The Labute approximate surface area is 600 Å². The van der Waals surface area contributed by atoms with Gasteiger partial charge in [0.15, 0.2) is 0 Å². The van der Waals surface area contributed by atoms with Crippen molar-refractivity contribution in [2.75, 3.05) is 0 Å². The van der Waals surface area contributed by atoms with Crippen molar-refractivity contribution < 1.29 is 53.0 Å². The highest BCUT2D eigenvalue weighted by Gasteiger charge is 2.35. The van der Waals surface area contributed by atoms with Crippen molar-refractivity contribution in [3.05, 3.63) is 265 Å². The van der Waals surface area contributed by atoms with Gasteiger partial charge in [0, 0.05) is 28.4 Å². The van der Waals surface area contributed by atoms with Crippen LogP contribution in [0.1, 0.15) is 256 Å². The number of halogens is 11. The molecule has 0 N–H and O–H groups in total. The number of rotatable bonds is 2. The zero-order valence-electron chi connectivity index (χ0n) is 65.8. The summed E-state index contributed by atoms with van der Waals surface area (Å²) < 4.78 is 140. The summed E-state index contributed by atoms with van der Waals surface area (Å²) in [5.74, 6) is -0.280. The first-order valence-corrected chi connectivity index (χ1v) is 34.1. The molecule has 0 aliphatic heterocycles. The lowest BCUT2D eigenvalue weighted by Crippen LogP contribution is -2.18. The smallest absolute Gasteiger partial charge is 0.406 e. The van der Waals surface area contributed by atoms with Gasteiger partial charge in [-0.3, -0.25) is 4.98 Å². The lowest BCUT2D eigenvalue weighted by atomic mass is 9.85. The van der Waals surface area contributed by atoms with Crippen molar-refractivity contribution >= 4 is 0 Å². The minimum Gasteiger partial charge on any atom is -0.406 e. The summed E-state index contributed by atoms with van der Waals surface area (Å²) in [6.07, 6.45) is -11.3. The molecule has 2 aromatic heterocycles. The van der Waals surface area contributed by atoms with E-state index >= 15 is 0 Å². The first-order chi connectivity index (χ1) is 45.5. The second-order valence-electron chi connectivity index (χ2n) is 33.8. The van der Waals surface area contributed by atoms with Gasteiger partial charge in [0.1, 0.15) is 23.9 Å². The Kier molecular flexibility index (Phi) is 33.8. The standard InChI is InChI=1S/C12H15F3.C11H13F3O.2C11H15F.2C11H16.C10H12F3N.C10H15N/c1-8-5-6-9(11(2,3)4)7-10(8)12(13,14)15;1-10(2,3)8-5-4-6-9(7-8)15-11(12,13)14;1-8-5-6-9(7-10(8)12)11(2,3)4;1-11(2,3)10-6-4-5-9(7-10)8-12;2*1-9-5-7-10(8-6-9)11(2,3)4;1-9(2,3)7-5-4-6-8(14-7)10(11,12)13;1-8-5-6-9(11-7-8)10(2,3)4/h5-7H,1-4H3;4-7H,1-3H3;5-7H,1-4H3;4-7H,8H2,1-3H3;2*5-8H,1-4H3;4-6H,1-3H3;5-7H,1-4H3. The van der Waals surface area contributed by atoms with Gasteiger partial charge in [-0.25, -0.2) is 13.8 Å². The molecule has 0 unspecified atom stereocenters. The molecule has 0 bridgehead atoms. The average molecular weight is 1420 g/mol. The van der Waals surface area contributed by atoms with Crippen molar-refractivity contribution in [2.24, 2.45) is 0 Å². The average Bonchev–Trinajstić information content (AvgIpc) is 0.821. The maximum atomic E-state index is 13.1. The molecular weight excluding hydrogens is 1300 g/mol. The number of nitrogens with zero attached hydrogens (tertiary/aromatic N) is 2. The normalized spacial score (nSPS) is 12.2. The molecule has 6 aromatic carbocycles. The van der Waals surface area contributed by atoms with Crippen LogP contribution in [0.3, 0.4) is 0 Å². The van der Waals surface area contributed by atoms with Crippen molar-refractivity contribution in [1.82, 2.24) is 9.97 Å². The summed E-state index contributed by atoms with van der Waals surface area (Å²) in [6.45, 7) is 58.7. The number of hydrogen-bond acceptors (Lipinski definition) is 3. The highest BCUT2D eigenvalue weighted by atomic mass is 19.4. The number of benzene rings is 6. The zero-order valence-corrected chi connectivity index (χ0v) is 65.8. The molecule has 0 aliphatic rings. The minimum absolute atomic E-state index is 0.0362. The minimum atomic E-state index is -4.63. The van der Waals surface area contributed by atoms with Gasteiger partial charge in [0.2, 0.25) is 0 Å². The Hall–Kier alpha value is -7.35. The maximum Gasteiger partial charge on any atom is 0.573 e. The number of aryl methyl sites for hydroxylation is 5. The molecule has 101 heavy (non-hydrogen) atoms. The number of pyridine rings is 2. The van der Waals surface area contributed by atoms with E-state index in [-0.39, 0.29) is 67.1 Å². The van der Waals surface area contributed by atoms with Crippen molar-refractivity contribution in [3.63, 3.8) is 0 Å². The van der Waals surface area contributed by atoms with Gasteiger partial charge in [-0.1, -0.05) is 299 Å². The van der Waals surface area contributed by atoms with E-state index < -0.39 is 30.0 Å². The fraction of sp³-hybridized carbons (Fsp3) is 0.471. The van der Waals surface area contributed by atoms with Crippen LogP contribution in [0.25, 0.3) is 0 Å². The Bertz CT molecular complexity index is 3570. The third-order valence-corrected chi connectivity index (χ3v) is 15.7. The van der Waals surface area contributed by atoms with E-state index in [0.29, 0.717) is 16.8 Å². The fourth-order valence-corrected chi connectivity index (χ4v) is 8.76. The summed E-state index contributed by atoms with van der Waals surface area (Å²) >= 11 is 0. The van der Waals surface area contributed by atoms with Crippen molar-refractivity contribution in [3.8, 4) is 5.75 Å². The SMILES string of the molecule is CC(C)(C)c1cccc(C(F)(F)F)n1.CC(C)(C)c1cccc(CF)c1.CC(C)(C)c1cccc(OC(F)(F)F)c1.Cc1ccc(C(C)(C)C)cc1.Cc1ccc(C(C)(C)C)cc1.Cc1ccc(C(C)(C)C)cc1C(F)(F)F.Cc1ccc(C(C)(C)C)cc1F.Cc1ccc(C(C)(C)C)nc1. The number of alkyl halides is 10. The molecule has 0 spiro atoms. The van der Waals surface area contributed by atoms with Crippen LogP contribution < -0.4 is 4.74 Å². The van der Waals surface area contributed by atoms with E-state index in [9.17, 15) is 48.3 Å².